The van der Waals surface area contributed by atoms with E-state index in [4.69, 9.17) is 9.72 Å². The molecule has 0 aliphatic carbocycles. The van der Waals surface area contributed by atoms with Gasteiger partial charge in [-0.3, -0.25) is 9.59 Å². The van der Waals surface area contributed by atoms with Crippen LogP contribution in [0, 0.1) is 0 Å². The number of ether oxygens (including phenoxy) is 1. The number of para-hydroxylation sites is 1. The number of rotatable bonds is 5. The SMILES string of the molecule is CC(F)(F)c1ccc(-c2ccccc2C(=O)N2CCC(c3nc(C(=O)N4CCC5(CC4)CC(O)c4ccccc4O5)cs3)CC2)cc1. The molecule has 47 heavy (non-hydrogen) atoms. The lowest BCUT2D eigenvalue weighted by Crippen LogP contribution is -2.51. The number of amides is 2. The van der Waals surface area contributed by atoms with Crippen LogP contribution in [-0.4, -0.2) is 63.5 Å². The first-order valence-corrected chi connectivity index (χ1v) is 17.1. The van der Waals surface area contributed by atoms with Crippen molar-refractivity contribution < 1.29 is 28.2 Å². The number of nitrogens with zero attached hydrogens (tertiary/aromatic N) is 3. The average Bonchev–Trinajstić information content (AvgIpc) is 3.58. The van der Waals surface area contributed by atoms with E-state index in [0.717, 1.165) is 41.6 Å². The summed E-state index contributed by atoms with van der Waals surface area (Å²) < 4.78 is 33.9. The Bertz CT molecular complexity index is 1770. The van der Waals surface area contributed by atoms with Crippen molar-refractivity contribution in [2.45, 2.75) is 62.6 Å². The number of carbonyl (C=O) groups is 2. The smallest absolute Gasteiger partial charge is 0.273 e. The van der Waals surface area contributed by atoms with Gasteiger partial charge in [-0.2, -0.15) is 0 Å². The second-order valence-corrected chi connectivity index (χ2v) is 13.9. The zero-order chi connectivity index (χ0) is 32.8. The Morgan fingerprint density at radius 3 is 2.30 bits per heavy atom. The van der Waals surface area contributed by atoms with Crippen molar-refractivity contribution in [3.8, 4) is 16.9 Å². The standard InChI is InChI=1S/C37H37F2N3O4S/c1-36(38,39)26-12-10-24(11-13-26)27-6-2-3-7-28(27)34(44)41-18-14-25(15-19-41)33-40-30(23-47-33)35(45)42-20-16-37(17-21-42)22-31(43)29-8-4-5-9-32(29)46-37/h2-13,23,25,31,43H,14-22H2,1H3. The lowest BCUT2D eigenvalue weighted by molar-refractivity contribution is -0.0496. The molecule has 0 bridgehead atoms. The quantitative estimate of drug-likeness (QED) is 0.241. The highest BCUT2D eigenvalue weighted by molar-refractivity contribution is 7.09. The summed E-state index contributed by atoms with van der Waals surface area (Å²) in [6, 6.07) is 21.0. The molecule has 1 atom stereocenters. The molecule has 1 spiro atoms. The number of aliphatic hydroxyl groups excluding tert-OH is 1. The van der Waals surface area contributed by atoms with Crippen molar-refractivity contribution >= 4 is 23.2 Å². The van der Waals surface area contributed by atoms with Gasteiger partial charge in [0.2, 0.25) is 0 Å². The van der Waals surface area contributed by atoms with Crippen LogP contribution in [0.3, 0.4) is 0 Å². The Balaban J connectivity index is 0.955. The number of benzene rings is 3. The van der Waals surface area contributed by atoms with Crippen LogP contribution in [-0.2, 0) is 5.92 Å². The predicted molar refractivity (Wildman–Crippen MR) is 176 cm³/mol. The normalized spacial score (nSPS) is 19.7. The lowest BCUT2D eigenvalue weighted by atomic mass is 9.81. The topological polar surface area (TPSA) is 83.0 Å². The van der Waals surface area contributed by atoms with Crippen molar-refractivity contribution in [2.75, 3.05) is 26.2 Å². The van der Waals surface area contributed by atoms with Crippen molar-refractivity contribution in [2.24, 2.45) is 0 Å². The summed E-state index contributed by atoms with van der Waals surface area (Å²) in [5.74, 6) is -2.21. The maximum atomic E-state index is 13.7. The van der Waals surface area contributed by atoms with E-state index in [-0.39, 0.29) is 23.3 Å². The summed E-state index contributed by atoms with van der Waals surface area (Å²) in [5.41, 5.74) is 2.72. The highest BCUT2D eigenvalue weighted by Gasteiger charge is 2.44. The molecule has 0 radical (unpaired) electrons. The number of likely N-dealkylation sites (tertiary alicyclic amines) is 2. The molecule has 244 valence electrons. The Morgan fingerprint density at radius 2 is 1.57 bits per heavy atom. The van der Waals surface area contributed by atoms with E-state index in [2.05, 4.69) is 0 Å². The number of halogens is 2. The van der Waals surface area contributed by atoms with E-state index in [1.54, 1.807) is 18.2 Å². The second kappa shape index (κ2) is 12.5. The molecule has 1 aromatic heterocycles. The Hall–Kier alpha value is -4.15. The predicted octanol–water partition coefficient (Wildman–Crippen LogP) is 7.43. The third-order valence-corrected chi connectivity index (χ3v) is 10.9. The zero-order valence-electron chi connectivity index (χ0n) is 26.2. The highest BCUT2D eigenvalue weighted by Crippen LogP contribution is 2.44. The number of thiazole rings is 1. The van der Waals surface area contributed by atoms with Crippen LogP contribution in [0.5, 0.6) is 5.75 Å². The van der Waals surface area contributed by atoms with Crippen molar-refractivity contribution in [1.29, 1.82) is 0 Å². The summed E-state index contributed by atoms with van der Waals surface area (Å²) in [6.45, 7) is 3.07. The van der Waals surface area contributed by atoms with Gasteiger partial charge in [-0.1, -0.05) is 60.7 Å². The number of aliphatic hydroxyl groups is 1. The Labute approximate surface area is 276 Å². The number of carbonyl (C=O) groups excluding carboxylic acids is 2. The van der Waals surface area contributed by atoms with Gasteiger partial charge in [-0.15, -0.1) is 11.3 Å². The van der Waals surface area contributed by atoms with Crippen LogP contribution < -0.4 is 4.74 Å². The van der Waals surface area contributed by atoms with Crippen molar-refractivity contribution in [1.82, 2.24) is 14.8 Å². The number of fused-ring (bicyclic) bond motifs is 1. The van der Waals surface area contributed by atoms with Gasteiger partial charge in [0.25, 0.3) is 17.7 Å². The second-order valence-electron chi connectivity index (χ2n) is 13.0. The van der Waals surface area contributed by atoms with Gasteiger partial charge in [0.1, 0.15) is 17.0 Å². The average molecular weight is 658 g/mol. The minimum absolute atomic E-state index is 0.0650. The van der Waals surface area contributed by atoms with Crippen LogP contribution in [0.4, 0.5) is 8.78 Å². The van der Waals surface area contributed by atoms with E-state index < -0.39 is 17.6 Å². The summed E-state index contributed by atoms with van der Waals surface area (Å²) in [7, 11) is 0. The minimum Gasteiger partial charge on any atom is -0.487 e. The van der Waals surface area contributed by atoms with Gasteiger partial charge >= 0.3 is 0 Å². The van der Waals surface area contributed by atoms with Crippen LogP contribution in [0.15, 0.2) is 78.2 Å². The number of alkyl halides is 2. The molecule has 0 saturated carbocycles. The maximum absolute atomic E-state index is 13.7. The molecule has 4 heterocycles. The summed E-state index contributed by atoms with van der Waals surface area (Å²) in [6.07, 6.45) is 2.72. The molecule has 1 unspecified atom stereocenters. The Kier molecular flexibility index (Phi) is 8.34. The van der Waals surface area contributed by atoms with Gasteiger partial charge in [0.05, 0.1) is 11.1 Å². The lowest BCUT2D eigenvalue weighted by Gasteiger charge is -2.45. The maximum Gasteiger partial charge on any atom is 0.273 e. The molecular weight excluding hydrogens is 620 g/mol. The number of piperidine rings is 2. The van der Waals surface area contributed by atoms with Gasteiger partial charge in [-0.05, 0) is 36.1 Å². The third-order valence-electron chi connectivity index (χ3n) is 9.86. The molecule has 2 saturated heterocycles. The molecule has 7 rings (SSSR count). The van der Waals surface area contributed by atoms with Crippen LogP contribution in [0.1, 0.15) is 88.0 Å². The molecule has 2 fully saturated rings. The summed E-state index contributed by atoms with van der Waals surface area (Å²) >= 11 is 1.50. The molecule has 3 aliphatic heterocycles. The van der Waals surface area contributed by atoms with E-state index in [0.29, 0.717) is 62.3 Å². The molecule has 10 heteroatoms. The number of hydrogen-bond donors (Lipinski definition) is 1. The fraction of sp³-hybridized carbons (Fsp3) is 0.378. The molecule has 7 nitrogen and oxygen atoms in total. The largest absolute Gasteiger partial charge is 0.487 e. The third kappa shape index (κ3) is 6.28. The fourth-order valence-electron chi connectivity index (χ4n) is 7.11. The summed E-state index contributed by atoms with van der Waals surface area (Å²) in [5, 5.41) is 13.5. The molecule has 2 amide bonds. The highest BCUT2D eigenvalue weighted by atomic mass is 32.1. The van der Waals surface area contributed by atoms with E-state index in [1.807, 2.05) is 57.6 Å². The van der Waals surface area contributed by atoms with Crippen LogP contribution in [0.2, 0.25) is 0 Å². The van der Waals surface area contributed by atoms with E-state index in [9.17, 15) is 23.5 Å². The first-order chi connectivity index (χ1) is 22.6. The molecular formula is C37H37F2N3O4S. The van der Waals surface area contributed by atoms with Crippen molar-refractivity contribution in [3.05, 3.63) is 106 Å². The van der Waals surface area contributed by atoms with Crippen molar-refractivity contribution in [3.63, 3.8) is 0 Å². The van der Waals surface area contributed by atoms with Gasteiger partial charge < -0.3 is 19.6 Å². The number of aromatic nitrogens is 1. The number of hydrogen-bond acceptors (Lipinski definition) is 6. The monoisotopic (exact) mass is 657 g/mol. The first-order valence-electron chi connectivity index (χ1n) is 16.2. The van der Waals surface area contributed by atoms with E-state index >= 15 is 0 Å². The molecule has 1 N–H and O–H groups in total. The van der Waals surface area contributed by atoms with Gasteiger partial charge in [0, 0.05) is 80.4 Å². The zero-order valence-corrected chi connectivity index (χ0v) is 27.0. The van der Waals surface area contributed by atoms with Gasteiger partial charge in [-0.25, -0.2) is 13.8 Å². The molecule has 3 aliphatic rings. The first kappa shape index (κ1) is 31.4. The van der Waals surface area contributed by atoms with Gasteiger partial charge in [0.15, 0.2) is 0 Å². The van der Waals surface area contributed by atoms with Crippen LogP contribution in [0.25, 0.3) is 11.1 Å². The summed E-state index contributed by atoms with van der Waals surface area (Å²) in [4.78, 5) is 35.5. The molecule has 4 aromatic rings. The Morgan fingerprint density at radius 1 is 0.915 bits per heavy atom. The fourth-order valence-corrected chi connectivity index (χ4v) is 8.07. The van der Waals surface area contributed by atoms with Crippen LogP contribution >= 0.6 is 11.3 Å². The van der Waals surface area contributed by atoms with E-state index in [1.165, 1.54) is 23.5 Å². The molecule has 3 aromatic carbocycles. The minimum atomic E-state index is -2.93.